The zero-order chi connectivity index (χ0) is 23.6. The lowest BCUT2D eigenvalue weighted by Gasteiger charge is -2.36. The van der Waals surface area contributed by atoms with Crippen LogP contribution < -0.4 is 4.74 Å². The van der Waals surface area contributed by atoms with Crippen molar-refractivity contribution in [3.63, 3.8) is 0 Å². The molecule has 0 fully saturated rings. The van der Waals surface area contributed by atoms with Gasteiger partial charge in [-0.25, -0.2) is 4.79 Å². The highest BCUT2D eigenvalue weighted by Gasteiger charge is 2.26. The lowest BCUT2D eigenvalue weighted by atomic mass is 9.86. The molecule has 0 saturated heterocycles. The molecule has 0 radical (unpaired) electrons. The minimum Gasteiger partial charge on any atom is -0.508 e. The normalized spacial score (nSPS) is 15.1. The van der Waals surface area contributed by atoms with E-state index < -0.39 is 6.16 Å². The van der Waals surface area contributed by atoms with Crippen molar-refractivity contribution in [3.8, 4) is 11.5 Å². The van der Waals surface area contributed by atoms with E-state index in [0.717, 1.165) is 57.2 Å². The van der Waals surface area contributed by atoms with Crippen molar-refractivity contribution in [1.82, 2.24) is 4.90 Å². The molecule has 0 aliphatic heterocycles. The Morgan fingerprint density at radius 3 is 2.64 bits per heavy atom. The molecule has 7 heteroatoms. The van der Waals surface area contributed by atoms with E-state index in [1.807, 2.05) is 36.4 Å². The summed E-state index contributed by atoms with van der Waals surface area (Å²) in [5.74, 6) is 0.619. The summed E-state index contributed by atoms with van der Waals surface area (Å²) >= 11 is 0. The highest BCUT2D eigenvalue weighted by molar-refractivity contribution is 5.69. The molecule has 7 nitrogen and oxygen atoms in total. The first-order chi connectivity index (χ1) is 16.0. The second-order valence-corrected chi connectivity index (χ2v) is 8.27. The molecule has 0 heterocycles. The average Bonchev–Trinajstić information content (AvgIpc) is 2.83. The van der Waals surface area contributed by atoms with Crippen molar-refractivity contribution >= 4 is 12.1 Å². The van der Waals surface area contributed by atoms with E-state index in [-0.39, 0.29) is 12.0 Å². The maximum Gasteiger partial charge on any atom is 0.513 e. The van der Waals surface area contributed by atoms with Gasteiger partial charge in [0, 0.05) is 19.0 Å². The number of carbonyl (C=O) groups excluding carboxylic acids is 2. The number of aromatic hydroxyl groups is 1. The summed E-state index contributed by atoms with van der Waals surface area (Å²) in [5.41, 5.74) is 3.34. The first-order valence-electron chi connectivity index (χ1n) is 11.5. The van der Waals surface area contributed by atoms with Crippen LogP contribution in [0.3, 0.4) is 0 Å². The lowest BCUT2D eigenvalue weighted by molar-refractivity contribution is -0.140. The molecule has 0 bridgehead atoms. The predicted molar refractivity (Wildman–Crippen MR) is 124 cm³/mol. The number of ether oxygens (including phenoxy) is 3. The number of aryl methyl sites for hydroxylation is 1. The van der Waals surface area contributed by atoms with Crippen LogP contribution >= 0.6 is 0 Å². The number of nitrogens with zero attached hydrogens (tertiary/aromatic N) is 1. The third-order valence-corrected chi connectivity index (χ3v) is 6.17. The summed E-state index contributed by atoms with van der Waals surface area (Å²) in [5, 5.41) is 10.2. The highest BCUT2D eigenvalue weighted by atomic mass is 16.7. The molecule has 1 aliphatic rings. The van der Waals surface area contributed by atoms with Crippen LogP contribution in [0.25, 0.3) is 0 Å². The number of para-hydroxylation sites is 1. The van der Waals surface area contributed by atoms with Gasteiger partial charge in [0.05, 0.1) is 14.2 Å². The molecule has 2 aromatic carbocycles. The van der Waals surface area contributed by atoms with Crippen LogP contribution in [-0.2, 0) is 27.1 Å². The molecule has 0 spiro atoms. The predicted octanol–water partition coefficient (Wildman–Crippen LogP) is 4.80. The summed E-state index contributed by atoms with van der Waals surface area (Å²) in [7, 11) is 2.71. The third kappa shape index (κ3) is 6.96. The van der Waals surface area contributed by atoms with Crippen LogP contribution in [0.2, 0.25) is 0 Å². The number of unbranched alkanes of at least 4 members (excludes halogenated alkanes) is 1. The molecule has 178 valence electrons. The van der Waals surface area contributed by atoms with E-state index in [0.29, 0.717) is 17.9 Å². The zero-order valence-electron chi connectivity index (χ0n) is 19.4. The topological polar surface area (TPSA) is 85.3 Å². The minimum atomic E-state index is -0.725. The van der Waals surface area contributed by atoms with Crippen molar-refractivity contribution in [2.75, 3.05) is 27.3 Å². The van der Waals surface area contributed by atoms with Crippen LogP contribution in [0.15, 0.2) is 42.5 Å². The Morgan fingerprint density at radius 2 is 1.88 bits per heavy atom. The van der Waals surface area contributed by atoms with Gasteiger partial charge >= 0.3 is 12.1 Å². The van der Waals surface area contributed by atoms with Gasteiger partial charge in [-0.1, -0.05) is 24.3 Å². The summed E-state index contributed by atoms with van der Waals surface area (Å²) < 4.78 is 14.6. The number of carbonyl (C=O) groups is 2. The van der Waals surface area contributed by atoms with E-state index in [1.54, 1.807) is 6.07 Å². The number of hydrogen-bond donors (Lipinski definition) is 1. The number of esters is 1. The van der Waals surface area contributed by atoms with Gasteiger partial charge in [0.2, 0.25) is 0 Å². The van der Waals surface area contributed by atoms with Crippen LogP contribution in [0, 0.1) is 0 Å². The van der Waals surface area contributed by atoms with Crippen molar-refractivity contribution < 1.29 is 28.9 Å². The Bertz CT molecular complexity index is 944. The SMILES string of the molecule is COC(=O)CCCCN(CCc1ccccc1O)C1CCCc2cc(OC(=O)OC)ccc21. The standard InChI is InChI=1S/C26H33NO6/c1-31-25(29)12-5-6-16-27(17-15-19-8-3-4-11-24(19)28)23-10-7-9-20-18-21(13-14-22(20)23)33-26(30)32-2/h3-4,8,11,13-14,18,23,28H,5-7,9-10,12,15-17H2,1-2H3. The second kappa shape index (κ2) is 12.3. The van der Waals surface area contributed by atoms with Gasteiger partial charge in [0.15, 0.2) is 0 Å². The largest absolute Gasteiger partial charge is 0.513 e. The van der Waals surface area contributed by atoms with Crippen LogP contribution in [0.5, 0.6) is 11.5 Å². The maximum atomic E-state index is 11.5. The number of phenols is 1. The van der Waals surface area contributed by atoms with E-state index in [4.69, 9.17) is 9.47 Å². The molecule has 1 unspecified atom stereocenters. The average molecular weight is 456 g/mol. The summed E-state index contributed by atoms with van der Waals surface area (Å²) in [6.07, 6.45) is 5.07. The first-order valence-corrected chi connectivity index (χ1v) is 11.5. The fourth-order valence-corrected chi connectivity index (χ4v) is 4.44. The molecule has 1 N–H and O–H groups in total. The molecule has 3 rings (SSSR count). The number of methoxy groups -OCH3 is 2. The van der Waals surface area contributed by atoms with Crippen molar-refractivity contribution in [3.05, 3.63) is 59.2 Å². The van der Waals surface area contributed by atoms with Gasteiger partial charge in [-0.15, -0.1) is 0 Å². The van der Waals surface area contributed by atoms with E-state index in [2.05, 4.69) is 9.64 Å². The fraction of sp³-hybridized carbons (Fsp3) is 0.462. The van der Waals surface area contributed by atoms with Gasteiger partial charge in [-0.2, -0.15) is 0 Å². The van der Waals surface area contributed by atoms with Crippen molar-refractivity contribution in [2.45, 2.75) is 51.0 Å². The molecule has 0 aromatic heterocycles. The van der Waals surface area contributed by atoms with Gasteiger partial charge in [0.25, 0.3) is 0 Å². The lowest BCUT2D eigenvalue weighted by Crippen LogP contribution is -2.34. The molecule has 0 saturated carbocycles. The Morgan fingerprint density at radius 1 is 1.06 bits per heavy atom. The number of phenolic OH excluding ortho intramolecular Hbond substituents is 1. The van der Waals surface area contributed by atoms with Crippen LogP contribution in [0.4, 0.5) is 4.79 Å². The van der Waals surface area contributed by atoms with E-state index in [9.17, 15) is 14.7 Å². The van der Waals surface area contributed by atoms with Crippen LogP contribution in [-0.4, -0.2) is 49.4 Å². The molecule has 0 amide bonds. The molecule has 33 heavy (non-hydrogen) atoms. The number of benzene rings is 2. The van der Waals surface area contributed by atoms with Gasteiger partial charge in [0.1, 0.15) is 11.5 Å². The Kier molecular flexibility index (Phi) is 9.13. The number of hydrogen-bond acceptors (Lipinski definition) is 7. The van der Waals surface area contributed by atoms with Crippen LogP contribution in [0.1, 0.15) is 54.8 Å². The minimum absolute atomic E-state index is 0.183. The first kappa shape index (κ1) is 24.6. The summed E-state index contributed by atoms with van der Waals surface area (Å²) in [6.45, 7) is 1.63. The van der Waals surface area contributed by atoms with Gasteiger partial charge in [-0.3, -0.25) is 9.69 Å². The highest BCUT2D eigenvalue weighted by Crippen LogP contribution is 2.36. The van der Waals surface area contributed by atoms with Gasteiger partial charge < -0.3 is 19.3 Å². The molecular weight excluding hydrogens is 422 g/mol. The maximum absolute atomic E-state index is 11.5. The molecular formula is C26H33NO6. The summed E-state index contributed by atoms with van der Waals surface area (Å²) in [4.78, 5) is 25.4. The Hall–Kier alpha value is -3.06. The zero-order valence-corrected chi connectivity index (χ0v) is 19.4. The Labute approximate surface area is 195 Å². The van der Waals surface area contributed by atoms with E-state index in [1.165, 1.54) is 25.3 Å². The quantitative estimate of drug-likeness (QED) is 0.313. The van der Waals surface area contributed by atoms with E-state index >= 15 is 0 Å². The molecule has 1 atom stereocenters. The second-order valence-electron chi connectivity index (χ2n) is 8.27. The third-order valence-electron chi connectivity index (χ3n) is 6.17. The fourth-order valence-electron chi connectivity index (χ4n) is 4.44. The molecule has 1 aliphatic carbocycles. The number of fused-ring (bicyclic) bond motifs is 1. The van der Waals surface area contributed by atoms with Gasteiger partial charge in [-0.05, 0) is 80.0 Å². The summed E-state index contributed by atoms with van der Waals surface area (Å²) in [6, 6.07) is 13.4. The monoisotopic (exact) mass is 455 g/mol. The van der Waals surface area contributed by atoms with Crippen molar-refractivity contribution in [2.24, 2.45) is 0 Å². The molecule has 2 aromatic rings. The van der Waals surface area contributed by atoms with Crippen molar-refractivity contribution in [1.29, 1.82) is 0 Å². The Balaban J connectivity index is 1.75. The smallest absolute Gasteiger partial charge is 0.508 e. The number of rotatable bonds is 10.